The van der Waals surface area contributed by atoms with Gasteiger partial charge in [-0.1, -0.05) is 13.8 Å². The van der Waals surface area contributed by atoms with Crippen LogP contribution in [0.1, 0.15) is 44.2 Å². The van der Waals surface area contributed by atoms with Crippen LogP contribution in [0.15, 0.2) is 12.1 Å². The van der Waals surface area contributed by atoms with Crippen molar-refractivity contribution in [2.24, 2.45) is 0 Å². The van der Waals surface area contributed by atoms with E-state index in [4.69, 9.17) is 0 Å². The van der Waals surface area contributed by atoms with E-state index in [0.29, 0.717) is 15.6 Å². The van der Waals surface area contributed by atoms with Crippen LogP contribution in [0, 0.1) is 10.1 Å². The van der Waals surface area contributed by atoms with E-state index in [1.165, 1.54) is 11.1 Å². The molecule has 1 fully saturated rings. The Bertz CT molecular complexity index is 819. The highest BCUT2D eigenvalue weighted by atomic mass is 16.5. The molecule has 1 aromatic heterocycles. The maximum absolute atomic E-state index is 12.7. The zero-order valence-electron chi connectivity index (χ0n) is 13.0. The van der Waals surface area contributed by atoms with Crippen molar-refractivity contribution in [2.45, 2.75) is 44.9 Å². The Kier molecular flexibility index (Phi) is 2.74. The summed E-state index contributed by atoms with van der Waals surface area (Å²) in [4.78, 5) is 14.2. The van der Waals surface area contributed by atoms with Crippen LogP contribution >= 0.6 is 0 Å². The molecule has 0 spiro atoms. The zero-order chi connectivity index (χ0) is 15.5. The monoisotopic (exact) mass is 300 g/mol. The molecule has 0 atom stereocenters. The Morgan fingerprint density at radius 3 is 2.73 bits per heavy atom. The second-order valence-corrected chi connectivity index (χ2v) is 7.04. The van der Waals surface area contributed by atoms with E-state index in [1.807, 2.05) is 17.0 Å². The molecule has 22 heavy (non-hydrogen) atoms. The van der Waals surface area contributed by atoms with Gasteiger partial charge in [0, 0.05) is 19.2 Å². The van der Waals surface area contributed by atoms with E-state index in [2.05, 4.69) is 18.9 Å². The minimum absolute atomic E-state index is 0.0534. The predicted octanol–water partition coefficient (Wildman–Crippen LogP) is 2.12. The lowest BCUT2D eigenvalue weighted by Crippen LogP contribution is -2.31. The predicted molar refractivity (Wildman–Crippen MR) is 84.7 cm³/mol. The molecule has 2 heterocycles. The van der Waals surface area contributed by atoms with Gasteiger partial charge in [-0.25, -0.2) is 0 Å². The van der Waals surface area contributed by atoms with Crippen molar-refractivity contribution in [2.75, 3.05) is 18.0 Å². The average molecular weight is 300 g/mol. The lowest BCUT2D eigenvalue weighted by atomic mass is 9.86. The summed E-state index contributed by atoms with van der Waals surface area (Å²) in [6.07, 6.45) is 4.08. The van der Waals surface area contributed by atoms with E-state index >= 15 is 0 Å². The largest absolute Gasteiger partial charge is 0.803 e. The maximum atomic E-state index is 12.7. The SMILES string of the molecule is CC1(C)CCc2cc3c(cc21)[n+](=O)nc(N1CCCC1)n3[O-]. The van der Waals surface area contributed by atoms with Gasteiger partial charge in [-0.3, -0.25) is 0 Å². The molecule has 116 valence electrons. The van der Waals surface area contributed by atoms with Gasteiger partial charge in [0.25, 0.3) is 5.95 Å². The molecular weight excluding hydrogens is 280 g/mol. The number of hydrogen-bond acceptors (Lipinski definition) is 4. The molecule has 2 aliphatic rings. The number of nitrogens with zero attached hydrogens (tertiary/aromatic N) is 4. The van der Waals surface area contributed by atoms with Crippen LogP contribution in [-0.2, 0) is 11.8 Å². The fraction of sp³-hybridized carbons (Fsp3) is 0.562. The maximum Gasteiger partial charge on any atom is 0.318 e. The topological polar surface area (TPSA) is 67.1 Å². The van der Waals surface area contributed by atoms with Crippen LogP contribution < -0.4 is 9.44 Å². The lowest BCUT2D eigenvalue weighted by Gasteiger charge is -2.23. The molecule has 0 radical (unpaired) electrons. The Morgan fingerprint density at radius 1 is 1.27 bits per heavy atom. The van der Waals surface area contributed by atoms with Gasteiger partial charge in [-0.05, 0) is 48.3 Å². The van der Waals surface area contributed by atoms with Crippen LogP contribution in [0.25, 0.3) is 11.0 Å². The van der Waals surface area contributed by atoms with Gasteiger partial charge in [0.1, 0.15) is 5.52 Å². The Hall–Kier alpha value is -2.11. The molecule has 0 saturated carbocycles. The molecule has 6 heteroatoms. The molecule has 4 rings (SSSR count). The van der Waals surface area contributed by atoms with Crippen LogP contribution in [0.2, 0.25) is 0 Å². The molecule has 1 saturated heterocycles. The molecular formula is C16H20N4O2. The zero-order valence-corrected chi connectivity index (χ0v) is 13.0. The lowest BCUT2D eigenvalue weighted by molar-refractivity contribution is -0.535. The van der Waals surface area contributed by atoms with Gasteiger partial charge in [0.05, 0.1) is 10.0 Å². The second kappa shape index (κ2) is 4.44. The number of aromatic nitrogens is 3. The summed E-state index contributed by atoms with van der Waals surface area (Å²) in [5.74, 6) is 0.234. The average Bonchev–Trinajstić information content (AvgIpc) is 3.10. The Balaban J connectivity index is 1.97. The van der Waals surface area contributed by atoms with E-state index in [0.717, 1.165) is 43.5 Å². The van der Waals surface area contributed by atoms with E-state index < -0.39 is 0 Å². The van der Waals surface area contributed by atoms with Crippen LogP contribution in [0.3, 0.4) is 0 Å². The standard InChI is InChI=1S/C16H20N4O2/c1-16(2)6-5-11-9-13-14(10-12(11)16)20(22)17-15(19(13)21)18-7-3-4-8-18/h9-10H,3-8H2,1-2H3. The van der Waals surface area contributed by atoms with Crippen molar-refractivity contribution >= 4 is 17.0 Å². The summed E-state index contributed by atoms with van der Waals surface area (Å²) in [5.41, 5.74) is 3.20. The summed E-state index contributed by atoms with van der Waals surface area (Å²) < 4.78 is 1.45. The molecule has 0 amide bonds. The molecule has 0 unspecified atom stereocenters. The molecule has 0 bridgehead atoms. The summed E-state index contributed by atoms with van der Waals surface area (Å²) in [6, 6.07) is 3.75. The molecule has 1 aromatic carbocycles. The first-order valence-electron chi connectivity index (χ1n) is 7.93. The number of benzene rings is 1. The first-order chi connectivity index (χ1) is 10.5. The number of aryl methyl sites for hydroxylation is 1. The molecule has 0 N–H and O–H groups in total. The Labute approximate surface area is 128 Å². The summed E-state index contributed by atoms with van der Waals surface area (Å²) in [7, 11) is 0. The van der Waals surface area contributed by atoms with Crippen LogP contribution in [-0.4, -0.2) is 22.9 Å². The third-order valence-corrected chi connectivity index (χ3v) is 5.12. The summed E-state index contributed by atoms with van der Waals surface area (Å²) in [5, 5.41) is 16.7. The normalized spacial score (nSPS) is 19.8. The minimum atomic E-state index is 0.0534. The third-order valence-electron chi connectivity index (χ3n) is 5.12. The fourth-order valence-corrected chi connectivity index (χ4v) is 3.75. The van der Waals surface area contributed by atoms with Gasteiger partial charge in [-0.2, -0.15) is 0 Å². The number of rotatable bonds is 1. The van der Waals surface area contributed by atoms with Crippen LogP contribution in [0.5, 0.6) is 0 Å². The van der Waals surface area contributed by atoms with Crippen molar-refractivity contribution in [3.63, 3.8) is 0 Å². The Morgan fingerprint density at radius 2 is 2.00 bits per heavy atom. The quantitative estimate of drug-likeness (QED) is 0.757. The van der Waals surface area contributed by atoms with Crippen molar-refractivity contribution < 1.29 is 4.54 Å². The molecule has 6 nitrogen and oxygen atoms in total. The molecule has 1 aliphatic heterocycles. The highest BCUT2D eigenvalue weighted by Gasteiger charge is 2.32. The van der Waals surface area contributed by atoms with Gasteiger partial charge < -0.3 is 14.8 Å². The van der Waals surface area contributed by atoms with E-state index in [9.17, 15) is 10.1 Å². The number of fused-ring (bicyclic) bond motifs is 2. The van der Waals surface area contributed by atoms with Gasteiger partial charge in [-0.15, -0.1) is 0 Å². The minimum Gasteiger partial charge on any atom is -0.803 e. The van der Waals surface area contributed by atoms with E-state index in [-0.39, 0.29) is 11.4 Å². The first-order valence-corrected chi connectivity index (χ1v) is 7.93. The third kappa shape index (κ3) is 1.82. The molecule has 2 aromatic rings. The van der Waals surface area contributed by atoms with Gasteiger partial charge in [0.2, 0.25) is 0 Å². The molecule has 1 aliphatic carbocycles. The highest BCUT2D eigenvalue weighted by molar-refractivity contribution is 5.76. The summed E-state index contributed by atoms with van der Waals surface area (Å²) >= 11 is 0. The van der Waals surface area contributed by atoms with Gasteiger partial charge >= 0.3 is 5.52 Å². The van der Waals surface area contributed by atoms with Crippen LogP contribution in [0.4, 0.5) is 5.95 Å². The van der Waals surface area contributed by atoms with Crippen molar-refractivity contribution in [3.8, 4) is 0 Å². The van der Waals surface area contributed by atoms with Gasteiger partial charge in [0.15, 0.2) is 4.54 Å². The fourth-order valence-electron chi connectivity index (χ4n) is 3.75. The van der Waals surface area contributed by atoms with E-state index in [1.54, 1.807) is 0 Å². The van der Waals surface area contributed by atoms with Crippen molar-refractivity contribution in [1.82, 2.24) is 9.83 Å². The highest BCUT2D eigenvalue weighted by Crippen LogP contribution is 2.39. The van der Waals surface area contributed by atoms with Crippen molar-refractivity contribution in [1.29, 1.82) is 0 Å². The number of hydrogen-bond donors (Lipinski definition) is 0. The van der Waals surface area contributed by atoms with Crippen molar-refractivity contribution in [3.05, 3.63) is 33.4 Å². The first kappa shape index (κ1) is 13.5. The summed E-state index contributed by atoms with van der Waals surface area (Å²) in [6.45, 7) is 5.94. The smallest absolute Gasteiger partial charge is 0.318 e. The number of anilines is 1. The second-order valence-electron chi connectivity index (χ2n) is 7.04.